The molecule has 26 heavy (non-hydrogen) atoms. The number of nitriles is 1. The molecule has 0 bridgehead atoms. The van der Waals surface area contributed by atoms with E-state index in [-0.39, 0.29) is 11.4 Å². The Hall–Kier alpha value is -3.54. The first-order valence-corrected chi connectivity index (χ1v) is 8.94. The molecule has 0 aliphatic carbocycles. The number of nitrogens with zero attached hydrogens (tertiary/aromatic N) is 5. The standard InChI is InChI=1S/C16H13N7O2S/c1-10-2-5-14(16-15(10)11(6-17)7-20-16)22-26(24,25)13-4-3-12(19-9-13)8-21-23-18/h2-5,7,9,20,22H,8H2,1H3. The first-order chi connectivity index (χ1) is 12.5. The van der Waals surface area contributed by atoms with Gasteiger partial charge in [0, 0.05) is 28.4 Å². The SMILES string of the molecule is Cc1ccc(NS(=O)(=O)c2ccc(CN=[N+]=[N-])nc2)c2[nH]cc(C#N)c12. The van der Waals surface area contributed by atoms with Gasteiger partial charge < -0.3 is 4.98 Å². The number of sulfonamides is 1. The van der Waals surface area contributed by atoms with Crippen molar-refractivity contribution < 1.29 is 8.42 Å². The maximum absolute atomic E-state index is 12.6. The molecule has 0 spiro atoms. The molecule has 0 aliphatic rings. The lowest BCUT2D eigenvalue weighted by Crippen LogP contribution is -2.13. The molecule has 2 heterocycles. The Labute approximate surface area is 149 Å². The molecule has 0 saturated heterocycles. The van der Waals surface area contributed by atoms with Crippen molar-refractivity contribution in [2.45, 2.75) is 18.4 Å². The molecule has 0 radical (unpaired) electrons. The van der Waals surface area contributed by atoms with Gasteiger partial charge in [0.1, 0.15) is 11.0 Å². The van der Waals surface area contributed by atoms with Crippen LogP contribution in [-0.2, 0) is 16.6 Å². The van der Waals surface area contributed by atoms with Crippen molar-refractivity contribution in [1.29, 1.82) is 5.26 Å². The first-order valence-electron chi connectivity index (χ1n) is 7.45. The Kier molecular flexibility index (Phi) is 4.49. The van der Waals surface area contributed by atoms with Gasteiger partial charge in [-0.05, 0) is 36.2 Å². The summed E-state index contributed by atoms with van der Waals surface area (Å²) in [4.78, 5) is 9.53. The molecule has 3 aromatic rings. The number of aromatic nitrogens is 2. The predicted molar refractivity (Wildman–Crippen MR) is 95.6 cm³/mol. The van der Waals surface area contributed by atoms with E-state index in [2.05, 4.69) is 30.8 Å². The molecule has 0 amide bonds. The first kappa shape index (κ1) is 17.3. The molecule has 3 rings (SSSR count). The number of H-pyrrole nitrogens is 1. The lowest BCUT2D eigenvalue weighted by atomic mass is 10.1. The molecule has 0 atom stereocenters. The molecule has 1 aromatic carbocycles. The number of anilines is 1. The zero-order valence-electron chi connectivity index (χ0n) is 13.6. The molecule has 2 aromatic heterocycles. The van der Waals surface area contributed by atoms with E-state index in [1.165, 1.54) is 18.3 Å². The van der Waals surface area contributed by atoms with Crippen LogP contribution in [0.25, 0.3) is 21.3 Å². The van der Waals surface area contributed by atoms with Gasteiger partial charge in [0.05, 0.1) is 23.3 Å². The van der Waals surface area contributed by atoms with E-state index >= 15 is 0 Å². The van der Waals surface area contributed by atoms with Crippen LogP contribution < -0.4 is 4.72 Å². The summed E-state index contributed by atoms with van der Waals surface area (Å²) in [6, 6.07) is 8.33. The van der Waals surface area contributed by atoms with Crippen molar-refractivity contribution in [2.24, 2.45) is 5.11 Å². The monoisotopic (exact) mass is 367 g/mol. The molecule has 9 nitrogen and oxygen atoms in total. The number of hydrogen-bond donors (Lipinski definition) is 2. The van der Waals surface area contributed by atoms with Crippen LogP contribution in [0.4, 0.5) is 5.69 Å². The molecular weight excluding hydrogens is 354 g/mol. The maximum atomic E-state index is 12.6. The number of aryl methyl sites for hydroxylation is 1. The van der Waals surface area contributed by atoms with Crippen molar-refractivity contribution in [1.82, 2.24) is 9.97 Å². The summed E-state index contributed by atoms with van der Waals surface area (Å²) in [6.07, 6.45) is 2.74. The number of pyridine rings is 1. The van der Waals surface area contributed by atoms with Crippen LogP contribution in [-0.4, -0.2) is 18.4 Å². The summed E-state index contributed by atoms with van der Waals surface area (Å²) >= 11 is 0. The van der Waals surface area contributed by atoms with Gasteiger partial charge in [-0.25, -0.2) is 8.42 Å². The Morgan fingerprint density at radius 2 is 2.19 bits per heavy atom. The molecule has 2 N–H and O–H groups in total. The summed E-state index contributed by atoms with van der Waals surface area (Å²) in [5, 5.41) is 13.2. The summed E-state index contributed by atoms with van der Waals surface area (Å²) in [7, 11) is -3.87. The van der Waals surface area contributed by atoms with E-state index in [1.807, 2.05) is 6.92 Å². The molecule has 0 saturated carbocycles. The number of aromatic amines is 1. The van der Waals surface area contributed by atoms with Crippen LogP contribution >= 0.6 is 0 Å². The van der Waals surface area contributed by atoms with Crippen molar-refractivity contribution >= 4 is 26.6 Å². The third kappa shape index (κ3) is 3.17. The van der Waals surface area contributed by atoms with Crippen LogP contribution in [0, 0.1) is 18.3 Å². The fourth-order valence-corrected chi connectivity index (χ4v) is 3.58. The average molecular weight is 367 g/mol. The molecule has 0 fully saturated rings. The quantitative estimate of drug-likeness (QED) is 0.404. The highest BCUT2D eigenvalue weighted by atomic mass is 32.2. The fourth-order valence-electron chi connectivity index (χ4n) is 2.56. The highest BCUT2D eigenvalue weighted by molar-refractivity contribution is 7.92. The van der Waals surface area contributed by atoms with Crippen molar-refractivity contribution in [3.05, 3.63) is 63.9 Å². The number of nitrogens with one attached hydrogen (secondary N) is 2. The third-order valence-corrected chi connectivity index (χ3v) is 5.16. The number of benzene rings is 1. The van der Waals surface area contributed by atoms with Gasteiger partial charge in [-0.1, -0.05) is 11.2 Å². The molecule has 10 heteroatoms. The second kappa shape index (κ2) is 6.76. The van der Waals surface area contributed by atoms with E-state index in [4.69, 9.17) is 5.53 Å². The molecule has 0 aliphatic heterocycles. The van der Waals surface area contributed by atoms with E-state index in [0.29, 0.717) is 27.8 Å². The Morgan fingerprint density at radius 3 is 2.85 bits per heavy atom. The largest absolute Gasteiger partial charge is 0.358 e. The van der Waals surface area contributed by atoms with E-state index in [9.17, 15) is 13.7 Å². The van der Waals surface area contributed by atoms with Gasteiger partial charge in [0.15, 0.2) is 0 Å². The van der Waals surface area contributed by atoms with Crippen molar-refractivity contribution in [3.63, 3.8) is 0 Å². The summed E-state index contributed by atoms with van der Waals surface area (Å²) in [5.41, 5.74) is 11.0. The minimum atomic E-state index is -3.87. The van der Waals surface area contributed by atoms with E-state index in [1.54, 1.807) is 18.3 Å². The Balaban J connectivity index is 1.96. The van der Waals surface area contributed by atoms with E-state index in [0.717, 1.165) is 5.56 Å². The van der Waals surface area contributed by atoms with Crippen LogP contribution in [0.15, 0.2) is 46.7 Å². The lowest BCUT2D eigenvalue weighted by Gasteiger charge is -2.10. The highest BCUT2D eigenvalue weighted by Crippen LogP contribution is 2.29. The van der Waals surface area contributed by atoms with Gasteiger partial charge in [0.2, 0.25) is 0 Å². The van der Waals surface area contributed by atoms with Crippen molar-refractivity contribution in [3.8, 4) is 6.07 Å². The normalized spacial score (nSPS) is 10.9. The zero-order valence-corrected chi connectivity index (χ0v) is 14.4. The number of hydrogen-bond acceptors (Lipinski definition) is 5. The molecule has 0 unspecified atom stereocenters. The van der Waals surface area contributed by atoms with E-state index < -0.39 is 10.0 Å². The second-order valence-corrected chi connectivity index (χ2v) is 7.16. The lowest BCUT2D eigenvalue weighted by molar-refractivity contribution is 0.600. The summed E-state index contributed by atoms with van der Waals surface area (Å²) in [5.74, 6) is 0. The topological polar surface area (TPSA) is 147 Å². The van der Waals surface area contributed by atoms with Crippen LogP contribution in [0.3, 0.4) is 0 Å². The number of rotatable bonds is 5. The number of azide groups is 1. The van der Waals surface area contributed by atoms with Crippen LogP contribution in [0.2, 0.25) is 0 Å². The maximum Gasteiger partial charge on any atom is 0.263 e. The van der Waals surface area contributed by atoms with Crippen LogP contribution in [0.5, 0.6) is 0 Å². The Morgan fingerprint density at radius 1 is 1.38 bits per heavy atom. The van der Waals surface area contributed by atoms with Crippen molar-refractivity contribution in [2.75, 3.05) is 4.72 Å². The molecular formula is C16H13N7O2S. The second-order valence-electron chi connectivity index (χ2n) is 5.47. The summed E-state index contributed by atoms with van der Waals surface area (Å²) < 4.78 is 27.8. The average Bonchev–Trinajstić information content (AvgIpc) is 3.08. The minimum absolute atomic E-state index is 0.0250. The molecule has 130 valence electrons. The summed E-state index contributed by atoms with van der Waals surface area (Å²) in [6.45, 7) is 1.89. The Bertz CT molecular complexity index is 1170. The zero-order chi connectivity index (χ0) is 18.7. The third-order valence-electron chi connectivity index (χ3n) is 3.81. The van der Waals surface area contributed by atoms with Gasteiger partial charge in [0.25, 0.3) is 10.0 Å². The van der Waals surface area contributed by atoms with Gasteiger partial charge in [-0.2, -0.15) is 5.26 Å². The fraction of sp³-hybridized carbons (Fsp3) is 0.125. The highest BCUT2D eigenvalue weighted by Gasteiger charge is 2.18. The van der Waals surface area contributed by atoms with Crippen LogP contribution in [0.1, 0.15) is 16.8 Å². The smallest absolute Gasteiger partial charge is 0.263 e. The van der Waals surface area contributed by atoms with Gasteiger partial charge in [-0.15, -0.1) is 0 Å². The predicted octanol–water partition coefficient (Wildman–Crippen LogP) is 3.35. The van der Waals surface area contributed by atoms with Gasteiger partial charge >= 0.3 is 0 Å². The number of fused-ring (bicyclic) bond motifs is 1. The minimum Gasteiger partial charge on any atom is -0.358 e. The van der Waals surface area contributed by atoms with Gasteiger partial charge in [-0.3, -0.25) is 9.71 Å².